The first-order valence-corrected chi connectivity index (χ1v) is 6.98. The molecule has 0 spiro atoms. The third kappa shape index (κ3) is 4.11. The van der Waals surface area contributed by atoms with Crippen LogP contribution in [0.5, 0.6) is 0 Å². The van der Waals surface area contributed by atoms with E-state index >= 15 is 0 Å². The molecular formula is C14H25NO4. The number of esters is 1. The van der Waals surface area contributed by atoms with Crippen LogP contribution in [0.25, 0.3) is 0 Å². The lowest BCUT2D eigenvalue weighted by Gasteiger charge is -2.31. The Morgan fingerprint density at radius 1 is 1.21 bits per heavy atom. The molecule has 1 fully saturated rings. The summed E-state index contributed by atoms with van der Waals surface area (Å²) in [5, 5.41) is 0. The lowest BCUT2D eigenvalue weighted by atomic mass is 10.1. The summed E-state index contributed by atoms with van der Waals surface area (Å²) in [7, 11) is 0. The number of hydrogen-bond donors (Lipinski definition) is 0. The Hall–Kier alpha value is -1.26. The highest BCUT2D eigenvalue weighted by atomic mass is 16.6. The van der Waals surface area contributed by atoms with E-state index in [9.17, 15) is 9.59 Å². The molecule has 1 aliphatic rings. The van der Waals surface area contributed by atoms with Crippen LogP contribution in [0.15, 0.2) is 0 Å². The first-order valence-electron chi connectivity index (χ1n) is 6.98. The molecule has 5 nitrogen and oxygen atoms in total. The highest BCUT2D eigenvalue weighted by molar-refractivity contribution is 5.82. The first-order chi connectivity index (χ1) is 8.80. The zero-order valence-corrected chi connectivity index (χ0v) is 12.6. The smallest absolute Gasteiger partial charge is 0.411 e. The topological polar surface area (TPSA) is 55.8 Å². The molecule has 2 atom stereocenters. The fraction of sp³-hybridized carbons (Fsp3) is 0.857. The van der Waals surface area contributed by atoms with Crippen molar-refractivity contribution in [3.8, 4) is 0 Å². The zero-order chi connectivity index (χ0) is 14.6. The van der Waals surface area contributed by atoms with Gasteiger partial charge in [0.1, 0.15) is 11.6 Å². The molecular weight excluding hydrogens is 246 g/mol. The zero-order valence-electron chi connectivity index (χ0n) is 12.6. The van der Waals surface area contributed by atoms with Gasteiger partial charge in [0, 0.05) is 6.04 Å². The van der Waals surface area contributed by atoms with Gasteiger partial charge in [-0.2, -0.15) is 0 Å². The van der Waals surface area contributed by atoms with Gasteiger partial charge in [-0.05, 0) is 47.0 Å². The van der Waals surface area contributed by atoms with Crippen LogP contribution in [0.4, 0.5) is 4.79 Å². The lowest BCUT2D eigenvalue weighted by Crippen LogP contribution is -2.47. The van der Waals surface area contributed by atoms with Crippen molar-refractivity contribution in [3.05, 3.63) is 0 Å². The molecule has 19 heavy (non-hydrogen) atoms. The summed E-state index contributed by atoms with van der Waals surface area (Å²) in [5.41, 5.74) is -0.558. The van der Waals surface area contributed by atoms with E-state index in [0.29, 0.717) is 13.0 Å². The highest BCUT2D eigenvalue weighted by Crippen LogP contribution is 2.29. The molecule has 1 saturated heterocycles. The number of ether oxygens (including phenoxy) is 2. The Balaban J connectivity index is 2.82. The maximum Gasteiger partial charge on any atom is 0.411 e. The van der Waals surface area contributed by atoms with Gasteiger partial charge in [0.25, 0.3) is 0 Å². The van der Waals surface area contributed by atoms with Crippen molar-refractivity contribution >= 4 is 12.1 Å². The van der Waals surface area contributed by atoms with Crippen molar-refractivity contribution in [1.29, 1.82) is 0 Å². The van der Waals surface area contributed by atoms with E-state index < -0.39 is 17.7 Å². The molecule has 5 heteroatoms. The minimum atomic E-state index is -0.558. The van der Waals surface area contributed by atoms with Crippen LogP contribution in [-0.4, -0.2) is 41.3 Å². The monoisotopic (exact) mass is 271 g/mol. The fourth-order valence-electron chi connectivity index (χ4n) is 2.34. The molecule has 0 saturated carbocycles. The maximum absolute atomic E-state index is 12.2. The third-order valence-corrected chi connectivity index (χ3v) is 3.14. The average Bonchev–Trinajstić information content (AvgIpc) is 2.70. The van der Waals surface area contributed by atoms with Gasteiger partial charge < -0.3 is 9.47 Å². The molecule has 0 aromatic heterocycles. The molecule has 110 valence electrons. The van der Waals surface area contributed by atoms with E-state index in [1.54, 1.807) is 11.8 Å². The minimum Gasteiger partial charge on any atom is -0.464 e. The number of rotatable bonds is 3. The van der Waals surface area contributed by atoms with Crippen LogP contribution in [-0.2, 0) is 14.3 Å². The van der Waals surface area contributed by atoms with Gasteiger partial charge in [-0.3, -0.25) is 4.90 Å². The maximum atomic E-state index is 12.2. The quantitative estimate of drug-likeness (QED) is 0.741. The van der Waals surface area contributed by atoms with E-state index in [4.69, 9.17) is 9.47 Å². The second-order valence-corrected chi connectivity index (χ2v) is 5.79. The standard InChI is InChI=1S/C14H25NO4/c1-6-10-8-9-11(12(16)18-7-2)15(10)13(17)19-14(3,4)5/h10-11H,6-9H2,1-5H3. The summed E-state index contributed by atoms with van der Waals surface area (Å²) in [6.45, 7) is 9.57. The van der Waals surface area contributed by atoms with E-state index in [2.05, 4.69) is 0 Å². The molecule has 1 amide bonds. The predicted octanol–water partition coefficient (Wildman–Crippen LogP) is 2.73. The average molecular weight is 271 g/mol. The van der Waals surface area contributed by atoms with Crippen LogP contribution in [0.3, 0.4) is 0 Å². The number of nitrogens with zero attached hydrogens (tertiary/aromatic N) is 1. The van der Waals surface area contributed by atoms with Gasteiger partial charge in [0.05, 0.1) is 6.61 Å². The molecule has 0 N–H and O–H groups in total. The number of hydrogen-bond acceptors (Lipinski definition) is 4. The number of carbonyl (C=O) groups excluding carboxylic acids is 2. The van der Waals surface area contributed by atoms with Crippen LogP contribution in [0.2, 0.25) is 0 Å². The summed E-state index contributed by atoms with van der Waals surface area (Å²) in [4.78, 5) is 25.7. The SMILES string of the molecule is CCOC(=O)C1CCC(CC)N1C(=O)OC(C)(C)C. The number of likely N-dealkylation sites (tertiary alicyclic amines) is 1. The van der Waals surface area contributed by atoms with Crippen molar-refractivity contribution < 1.29 is 19.1 Å². The van der Waals surface area contributed by atoms with E-state index in [1.165, 1.54) is 0 Å². The van der Waals surface area contributed by atoms with Gasteiger partial charge in [0.2, 0.25) is 0 Å². The molecule has 0 aromatic carbocycles. The van der Waals surface area contributed by atoms with Crippen molar-refractivity contribution in [3.63, 3.8) is 0 Å². The second-order valence-electron chi connectivity index (χ2n) is 5.79. The van der Waals surface area contributed by atoms with Crippen molar-refractivity contribution in [2.24, 2.45) is 0 Å². The Kier molecular flexibility index (Phi) is 5.20. The van der Waals surface area contributed by atoms with Gasteiger partial charge in [-0.15, -0.1) is 0 Å². The van der Waals surface area contributed by atoms with Crippen molar-refractivity contribution in [1.82, 2.24) is 4.90 Å². The molecule has 0 aromatic rings. The number of amides is 1. The van der Waals surface area contributed by atoms with Gasteiger partial charge in [0.15, 0.2) is 0 Å². The van der Waals surface area contributed by atoms with Crippen molar-refractivity contribution in [2.75, 3.05) is 6.61 Å². The molecule has 0 aliphatic carbocycles. The summed E-state index contributed by atoms with van der Waals surface area (Å²) >= 11 is 0. The summed E-state index contributed by atoms with van der Waals surface area (Å²) < 4.78 is 10.4. The third-order valence-electron chi connectivity index (χ3n) is 3.14. The van der Waals surface area contributed by atoms with Crippen LogP contribution in [0, 0.1) is 0 Å². The summed E-state index contributed by atoms with van der Waals surface area (Å²) in [6.07, 6.45) is 1.86. The van der Waals surface area contributed by atoms with E-state index in [1.807, 2.05) is 27.7 Å². The normalized spacial score (nSPS) is 23.3. The Bertz CT molecular complexity index is 335. The fourth-order valence-corrected chi connectivity index (χ4v) is 2.34. The Morgan fingerprint density at radius 2 is 1.84 bits per heavy atom. The molecule has 1 heterocycles. The molecule has 1 rings (SSSR count). The molecule has 0 radical (unpaired) electrons. The minimum absolute atomic E-state index is 0.0595. The summed E-state index contributed by atoms with van der Waals surface area (Å²) in [6, 6.07) is -0.441. The van der Waals surface area contributed by atoms with Gasteiger partial charge >= 0.3 is 12.1 Å². The van der Waals surface area contributed by atoms with E-state index in [-0.39, 0.29) is 12.0 Å². The Labute approximate surface area is 115 Å². The van der Waals surface area contributed by atoms with Crippen molar-refractivity contribution in [2.45, 2.75) is 71.6 Å². The lowest BCUT2D eigenvalue weighted by molar-refractivity contribution is -0.148. The molecule has 0 bridgehead atoms. The highest BCUT2D eigenvalue weighted by Gasteiger charge is 2.42. The first kappa shape index (κ1) is 15.8. The van der Waals surface area contributed by atoms with Crippen LogP contribution < -0.4 is 0 Å². The van der Waals surface area contributed by atoms with Gasteiger partial charge in [-0.25, -0.2) is 9.59 Å². The van der Waals surface area contributed by atoms with Crippen LogP contribution >= 0.6 is 0 Å². The molecule has 1 aliphatic heterocycles. The number of carbonyl (C=O) groups is 2. The summed E-state index contributed by atoms with van der Waals surface area (Å²) in [5.74, 6) is -0.329. The second kappa shape index (κ2) is 6.26. The van der Waals surface area contributed by atoms with Gasteiger partial charge in [-0.1, -0.05) is 6.92 Å². The molecule has 2 unspecified atom stereocenters. The van der Waals surface area contributed by atoms with E-state index in [0.717, 1.165) is 12.8 Å². The largest absolute Gasteiger partial charge is 0.464 e. The van der Waals surface area contributed by atoms with Crippen LogP contribution in [0.1, 0.15) is 53.9 Å². The Morgan fingerprint density at radius 3 is 2.32 bits per heavy atom. The predicted molar refractivity (Wildman–Crippen MR) is 71.8 cm³/mol.